The fourth-order valence-corrected chi connectivity index (χ4v) is 3.36. The van der Waals surface area contributed by atoms with Crippen molar-refractivity contribution in [2.45, 2.75) is 31.4 Å². The van der Waals surface area contributed by atoms with E-state index in [1.807, 2.05) is 0 Å². The van der Waals surface area contributed by atoms with Gasteiger partial charge in [-0.3, -0.25) is 14.3 Å². The van der Waals surface area contributed by atoms with Gasteiger partial charge in [-0.05, 0) is 18.2 Å². The van der Waals surface area contributed by atoms with Gasteiger partial charge < -0.3 is 15.2 Å². The van der Waals surface area contributed by atoms with Crippen molar-refractivity contribution in [1.82, 2.24) is 24.8 Å². The largest absolute Gasteiger partial charge is 0.355 e. The SMILES string of the molecule is CN(c1cnc(CNC(=O)c2ccc3c(c2)[nH]c(=O)n3C)cn1)C1CC(F)(F)C1. The first-order valence-electron chi connectivity index (χ1n) is 9.12. The average Bonchev–Trinajstić information content (AvgIpc) is 2.97. The molecule has 29 heavy (non-hydrogen) atoms. The van der Waals surface area contributed by atoms with Gasteiger partial charge in [-0.1, -0.05) is 0 Å². The van der Waals surface area contributed by atoms with Crippen molar-refractivity contribution in [2.24, 2.45) is 7.05 Å². The number of aromatic nitrogens is 4. The summed E-state index contributed by atoms with van der Waals surface area (Å²) in [5, 5.41) is 2.75. The van der Waals surface area contributed by atoms with Crippen molar-refractivity contribution in [3.63, 3.8) is 0 Å². The van der Waals surface area contributed by atoms with E-state index >= 15 is 0 Å². The van der Waals surface area contributed by atoms with Crippen molar-refractivity contribution in [1.29, 1.82) is 0 Å². The van der Waals surface area contributed by atoms with Gasteiger partial charge in [0.25, 0.3) is 11.8 Å². The third-order valence-electron chi connectivity index (χ3n) is 5.27. The molecule has 0 radical (unpaired) electrons. The van der Waals surface area contributed by atoms with Crippen LogP contribution in [0.25, 0.3) is 11.0 Å². The van der Waals surface area contributed by atoms with E-state index in [1.54, 1.807) is 37.2 Å². The van der Waals surface area contributed by atoms with Crippen LogP contribution < -0.4 is 15.9 Å². The average molecular weight is 402 g/mol. The number of amides is 1. The van der Waals surface area contributed by atoms with Crippen molar-refractivity contribution in [3.05, 3.63) is 52.3 Å². The maximum absolute atomic E-state index is 13.0. The highest BCUT2D eigenvalue weighted by molar-refractivity contribution is 5.97. The van der Waals surface area contributed by atoms with Gasteiger partial charge in [0.05, 0.1) is 35.7 Å². The first kappa shape index (κ1) is 19.0. The molecule has 2 N–H and O–H groups in total. The second kappa shape index (κ2) is 6.94. The first-order chi connectivity index (χ1) is 13.7. The third-order valence-corrected chi connectivity index (χ3v) is 5.27. The number of rotatable bonds is 5. The molecule has 10 heteroatoms. The lowest BCUT2D eigenvalue weighted by molar-refractivity contribution is -0.0850. The molecular weight excluding hydrogens is 382 g/mol. The summed E-state index contributed by atoms with van der Waals surface area (Å²) in [6.45, 7) is 0.167. The summed E-state index contributed by atoms with van der Waals surface area (Å²) in [4.78, 5) is 36.9. The van der Waals surface area contributed by atoms with Crippen LogP contribution in [0.2, 0.25) is 0 Å². The zero-order valence-corrected chi connectivity index (χ0v) is 15.9. The maximum atomic E-state index is 13.0. The molecule has 0 unspecified atom stereocenters. The second-order valence-electron chi connectivity index (χ2n) is 7.30. The van der Waals surface area contributed by atoms with E-state index in [4.69, 9.17) is 0 Å². The standard InChI is InChI=1S/C19H20F2N6O2/c1-26(13-6-19(20,21)7-13)16-10-22-12(8-23-16)9-24-17(28)11-3-4-15-14(5-11)25-18(29)27(15)2/h3-5,8,10,13H,6-7,9H2,1-2H3,(H,24,28)(H,25,29). The zero-order valence-electron chi connectivity index (χ0n) is 15.9. The molecule has 0 spiro atoms. The van der Waals surface area contributed by atoms with Gasteiger partial charge in [-0.2, -0.15) is 0 Å². The Kier molecular flexibility index (Phi) is 4.56. The molecule has 2 aromatic heterocycles. The van der Waals surface area contributed by atoms with Crippen LogP contribution >= 0.6 is 0 Å². The molecule has 1 aliphatic carbocycles. The molecule has 0 bridgehead atoms. The number of aromatic amines is 1. The highest BCUT2D eigenvalue weighted by atomic mass is 19.3. The van der Waals surface area contributed by atoms with E-state index in [2.05, 4.69) is 20.3 Å². The van der Waals surface area contributed by atoms with Crippen LogP contribution in [0.15, 0.2) is 35.4 Å². The zero-order chi connectivity index (χ0) is 20.8. The van der Waals surface area contributed by atoms with Gasteiger partial charge in [0.1, 0.15) is 5.82 Å². The Bertz CT molecular complexity index is 1110. The van der Waals surface area contributed by atoms with Crippen LogP contribution in [0.3, 0.4) is 0 Å². The minimum absolute atomic E-state index is 0.167. The van der Waals surface area contributed by atoms with Crippen molar-refractivity contribution in [3.8, 4) is 0 Å². The lowest BCUT2D eigenvalue weighted by atomic mass is 9.87. The number of anilines is 1. The van der Waals surface area contributed by atoms with Crippen molar-refractivity contribution < 1.29 is 13.6 Å². The molecule has 2 heterocycles. The minimum Gasteiger partial charge on any atom is -0.355 e. The lowest BCUT2D eigenvalue weighted by Gasteiger charge is -2.41. The molecule has 0 aliphatic heterocycles. The molecule has 1 amide bonds. The topological polar surface area (TPSA) is 95.9 Å². The molecule has 0 saturated heterocycles. The van der Waals surface area contributed by atoms with Crippen LogP contribution in [-0.2, 0) is 13.6 Å². The summed E-state index contributed by atoms with van der Waals surface area (Å²) in [5.41, 5.74) is 2.00. The normalized spacial score (nSPS) is 15.9. The fraction of sp³-hybridized carbons (Fsp3) is 0.368. The lowest BCUT2D eigenvalue weighted by Crippen LogP contribution is -2.49. The third kappa shape index (κ3) is 3.69. The number of hydrogen-bond donors (Lipinski definition) is 2. The summed E-state index contributed by atoms with van der Waals surface area (Å²) in [5.74, 6) is -2.39. The number of fused-ring (bicyclic) bond motifs is 1. The van der Waals surface area contributed by atoms with Crippen LogP contribution in [-0.4, -0.2) is 44.4 Å². The summed E-state index contributed by atoms with van der Waals surface area (Å²) in [6, 6.07) is 4.72. The Morgan fingerprint density at radius 2 is 2.10 bits per heavy atom. The highest BCUT2D eigenvalue weighted by Gasteiger charge is 2.47. The van der Waals surface area contributed by atoms with Gasteiger partial charge in [-0.15, -0.1) is 0 Å². The number of carbonyl (C=O) groups is 1. The Labute approximate surface area is 164 Å². The van der Waals surface area contributed by atoms with Crippen molar-refractivity contribution in [2.75, 3.05) is 11.9 Å². The number of benzene rings is 1. The van der Waals surface area contributed by atoms with Crippen molar-refractivity contribution >= 4 is 22.8 Å². The Morgan fingerprint density at radius 1 is 1.34 bits per heavy atom. The second-order valence-corrected chi connectivity index (χ2v) is 7.30. The maximum Gasteiger partial charge on any atom is 0.326 e. The van der Waals surface area contributed by atoms with E-state index in [1.165, 1.54) is 17.0 Å². The Balaban J connectivity index is 1.37. The molecule has 8 nitrogen and oxygen atoms in total. The molecular formula is C19H20F2N6O2. The van der Waals surface area contributed by atoms with Crippen LogP contribution in [0.4, 0.5) is 14.6 Å². The van der Waals surface area contributed by atoms with Gasteiger partial charge in [0, 0.05) is 38.5 Å². The number of H-pyrrole nitrogens is 1. The Morgan fingerprint density at radius 3 is 2.76 bits per heavy atom. The van der Waals surface area contributed by atoms with Gasteiger partial charge in [0.15, 0.2) is 0 Å². The number of nitrogens with one attached hydrogen (secondary N) is 2. The number of imidazole rings is 1. The number of halogens is 2. The van der Waals surface area contributed by atoms with Gasteiger partial charge >= 0.3 is 5.69 Å². The number of hydrogen-bond acceptors (Lipinski definition) is 5. The molecule has 0 atom stereocenters. The predicted octanol–water partition coefficient (Wildman–Crippen LogP) is 1.82. The molecule has 3 aromatic rings. The molecule has 4 rings (SSSR count). The fourth-order valence-electron chi connectivity index (χ4n) is 3.36. The molecule has 1 fully saturated rings. The van der Waals surface area contributed by atoms with E-state index in [0.717, 1.165) is 0 Å². The highest BCUT2D eigenvalue weighted by Crippen LogP contribution is 2.40. The monoisotopic (exact) mass is 402 g/mol. The van der Waals surface area contributed by atoms with Gasteiger partial charge in [-0.25, -0.2) is 18.6 Å². The summed E-state index contributed by atoms with van der Waals surface area (Å²) in [6.07, 6.45) is 2.67. The number of aryl methyl sites for hydroxylation is 1. The van der Waals surface area contributed by atoms with Crippen LogP contribution in [0.5, 0.6) is 0 Å². The van der Waals surface area contributed by atoms with E-state index in [9.17, 15) is 18.4 Å². The van der Waals surface area contributed by atoms with E-state index in [0.29, 0.717) is 28.1 Å². The van der Waals surface area contributed by atoms with E-state index in [-0.39, 0.29) is 37.0 Å². The minimum atomic E-state index is -2.59. The number of carbonyl (C=O) groups excluding carboxylic acids is 1. The van der Waals surface area contributed by atoms with E-state index < -0.39 is 5.92 Å². The van der Waals surface area contributed by atoms with Gasteiger partial charge in [0.2, 0.25) is 0 Å². The summed E-state index contributed by atoms with van der Waals surface area (Å²) < 4.78 is 27.5. The first-order valence-corrected chi connectivity index (χ1v) is 9.12. The molecule has 1 saturated carbocycles. The molecule has 1 aliphatic rings. The summed E-state index contributed by atoms with van der Waals surface area (Å²) in [7, 11) is 3.37. The van der Waals surface area contributed by atoms with Crippen LogP contribution in [0, 0.1) is 0 Å². The summed E-state index contributed by atoms with van der Waals surface area (Å²) >= 11 is 0. The molecule has 152 valence electrons. The Hall–Kier alpha value is -3.30. The quantitative estimate of drug-likeness (QED) is 0.679. The van der Waals surface area contributed by atoms with Crippen LogP contribution in [0.1, 0.15) is 28.9 Å². The number of nitrogens with zero attached hydrogens (tertiary/aromatic N) is 4. The predicted molar refractivity (Wildman–Crippen MR) is 103 cm³/mol. The number of alkyl halides is 2. The molecule has 1 aromatic carbocycles. The smallest absolute Gasteiger partial charge is 0.326 e.